The van der Waals surface area contributed by atoms with Crippen LogP contribution in [0.15, 0.2) is 64.2 Å². The van der Waals surface area contributed by atoms with Crippen LogP contribution in [0.4, 0.5) is 0 Å². The van der Waals surface area contributed by atoms with Crippen molar-refractivity contribution >= 4 is 33.2 Å². The second-order valence-electron chi connectivity index (χ2n) is 6.29. The highest BCUT2D eigenvalue weighted by Crippen LogP contribution is 2.33. The molecule has 0 radical (unpaired) electrons. The van der Waals surface area contributed by atoms with Crippen LogP contribution in [0.25, 0.3) is 5.57 Å². The van der Waals surface area contributed by atoms with Gasteiger partial charge in [-0.15, -0.1) is 0 Å². The number of hydrogen-bond acceptors (Lipinski definition) is 4. The van der Waals surface area contributed by atoms with Gasteiger partial charge in [0.05, 0.1) is 11.1 Å². The van der Waals surface area contributed by atoms with Crippen LogP contribution in [0.1, 0.15) is 30.4 Å². The number of oxime groups is 1. The Bertz CT molecular complexity index is 930. The van der Waals surface area contributed by atoms with Crippen molar-refractivity contribution in [2.45, 2.75) is 30.8 Å². The van der Waals surface area contributed by atoms with Crippen LogP contribution in [0.5, 0.6) is 0 Å². The van der Waals surface area contributed by atoms with E-state index < -0.39 is 9.84 Å². The average Bonchev–Trinajstić information content (AvgIpc) is 3.08. The summed E-state index contributed by atoms with van der Waals surface area (Å²) in [5, 5.41) is 4.79. The van der Waals surface area contributed by atoms with Gasteiger partial charge in [0.1, 0.15) is 6.61 Å². The zero-order valence-corrected chi connectivity index (χ0v) is 16.1. The molecule has 136 valence electrons. The fourth-order valence-corrected chi connectivity index (χ4v) is 3.69. The maximum absolute atomic E-state index is 11.6. The molecule has 1 aliphatic rings. The van der Waals surface area contributed by atoms with Gasteiger partial charge in [-0.2, -0.15) is 0 Å². The first-order valence-electron chi connectivity index (χ1n) is 8.36. The molecule has 4 nitrogen and oxygen atoms in total. The molecule has 0 amide bonds. The van der Waals surface area contributed by atoms with Crippen molar-refractivity contribution in [3.8, 4) is 0 Å². The van der Waals surface area contributed by atoms with E-state index in [0.717, 1.165) is 36.0 Å². The van der Waals surface area contributed by atoms with E-state index >= 15 is 0 Å². The van der Waals surface area contributed by atoms with Gasteiger partial charge in [-0.25, -0.2) is 8.42 Å². The lowest BCUT2D eigenvalue weighted by atomic mass is 10.0. The number of rotatable bonds is 6. The maximum Gasteiger partial charge on any atom is 0.175 e. The molecule has 0 atom stereocenters. The van der Waals surface area contributed by atoms with E-state index in [9.17, 15) is 8.42 Å². The Hall–Kier alpha value is -2.11. The van der Waals surface area contributed by atoms with Crippen molar-refractivity contribution < 1.29 is 13.3 Å². The zero-order valence-electron chi connectivity index (χ0n) is 14.5. The topological polar surface area (TPSA) is 55.7 Å². The molecule has 2 aromatic rings. The SMILES string of the molecule is CS(=O)(=O)c1ccc(C2=C(/C=N/OCc3ccc(Cl)cc3)CCC2)cc1. The standard InChI is InChI=1S/C20H20ClNO3S/c1-26(23,24)19-11-7-16(8-12-19)20-4-2-3-17(20)13-22-25-14-15-5-9-18(21)10-6-15/h5-13H,2-4,14H2,1H3/b22-13+. The summed E-state index contributed by atoms with van der Waals surface area (Å²) in [6.45, 7) is 0.388. The zero-order chi connectivity index (χ0) is 18.6. The summed E-state index contributed by atoms with van der Waals surface area (Å²) in [6.07, 6.45) is 5.94. The number of hydrogen-bond donors (Lipinski definition) is 0. The molecule has 6 heteroatoms. The fourth-order valence-electron chi connectivity index (χ4n) is 2.94. The third-order valence-corrected chi connectivity index (χ3v) is 5.70. The molecule has 0 fully saturated rings. The summed E-state index contributed by atoms with van der Waals surface area (Å²) in [5.41, 5.74) is 4.37. The van der Waals surface area contributed by atoms with E-state index in [4.69, 9.17) is 16.4 Å². The molecule has 0 aliphatic heterocycles. The van der Waals surface area contributed by atoms with E-state index in [1.165, 1.54) is 11.8 Å². The first kappa shape index (κ1) is 18.7. The lowest BCUT2D eigenvalue weighted by Crippen LogP contribution is -1.97. The van der Waals surface area contributed by atoms with E-state index in [0.29, 0.717) is 16.5 Å². The molecule has 0 spiro atoms. The maximum atomic E-state index is 11.6. The van der Waals surface area contributed by atoms with Crippen molar-refractivity contribution in [2.24, 2.45) is 5.16 Å². The van der Waals surface area contributed by atoms with E-state index in [2.05, 4.69) is 5.16 Å². The number of allylic oxidation sites excluding steroid dienone is 2. The number of nitrogens with zero attached hydrogens (tertiary/aromatic N) is 1. The predicted molar refractivity (Wildman–Crippen MR) is 105 cm³/mol. The third kappa shape index (κ3) is 4.74. The van der Waals surface area contributed by atoms with Crippen molar-refractivity contribution in [3.63, 3.8) is 0 Å². The van der Waals surface area contributed by atoms with Crippen LogP contribution in [0, 0.1) is 0 Å². The third-order valence-electron chi connectivity index (χ3n) is 4.32. The van der Waals surface area contributed by atoms with E-state index in [1.807, 2.05) is 36.4 Å². The highest BCUT2D eigenvalue weighted by molar-refractivity contribution is 7.90. The lowest BCUT2D eigenvalue weighted by molar-refractivity contribution is 0.132. The van der Waals surface area contributed by atoms with Gasteiger partial charge < -0.3 is 4.84 Å². The molecular formula is C20H20ClNO3S. The van der Waals surface area contributed by atoms with Gasteiger partial charge in [0.25, 0.3) is 0 Å². The Kier molecular flexibility index (Phi) is 5.79. The first-order valence-corrected chi connectivity index (χ1v) is 10.6. The molecule has 2 aromatic carbocycles. The molecule has 0 bridgehead atoms. The van der Waals surface area contributed by atoms with Gasteiger partial charge >= 0.3 is 0 Å². The molecule has 0 N–H and O–H groups in total. The van der Waals surface area contributed by atoms with Crippen LogP contribution >= 0.6 is 11.6 Å². The van der Waals surface area contributed by atoms with Gasteiger partial charge in [-0.3, -0.25) is 0 Å². The molecule has 0 aromatic heterocycles. The lowest BCUT2D eigenvalue weighted by Gasteiger charge is -2.06. The molecule has 0 unspecified atom stereocenters. The van der Waals surface area contributed by atoms with Crippen LogP contribution in [-0.2, 0) is 21.3 Å². The highest BCUT2D eigenvalue weighted by atomic mass is 35.5. The summed E-state index contributed by atoms with van der Waals surface area (Å²) in [6, 6.07) is 14.5. The minimum absolute atomic E-state index is 0.335. The Morgan fingerprint density at radius 3 is 2.42 bits per heavy atom. The summed E-state index contributed by atoms with van der Waals surface area (Å²) in [5.74, 6) is 0. The van der Waals surface area contributed by atoms with E-state index in [-0.39, 0.29) is 0 Å². The monoisotopic (exact) mass is 389 g/mol. The molecule has 3 rings (SSSR count). The Balaban J connectivity index is 1.68. The normalized spacial score (nSPS) is 15.0. The van der Waals surface area contributed by atoms with Gasteiger partial charge in [0.15, 0.2) is 9.84 Å². The van der Waals surface area contributed by atoms with Crippen LogP contribution < -0.4 is 0 Å². The van der Waals surface area contributed by atoms with Crippen molar-refractivity contribution in [3.05, 3.63) is 70.3 Å². The Labute approximate surface area is 159 Å². The summed E-state index contributed by atoms with van der Waals surface area (Å²) >= 11 is 5.86. The largest absolute Gasteiger partial charge is 0.391 e. The van der Waals surface area contributed by atoms with Crippen molar-refractivity contribution in [2.75, 3.05) is 6.26 Å². The average molecular weight is 390 g/mol. The van der Waals surface area contributed by atoms with Gasteiger partial charge in [0.2, 0.25) is 0 Å². The van der Waals surface area contributed by atoms with Crippen molar-refractivity contribution in [1.29, 1.82) is 0 Å². The molecule has 26 heavy (non-hydrogen) atoms. The summed E-state index contributed by atoms with van der Waals surface area (Å²) in [7, 11) is -3.17. The molecule has 0 saturated carbocycles. The van der Waals surface area contributed by atoms with Crippen LogP contribution in [0.3, 0.4) is 0 Å². The van der Waals surface area contributed by atoms with Gasteiger partial charge in [0, 0.05) is 11.3 Å². The number of halogens is 1. The number of sulfone groups is 1. The highest BCUT2D eigenvalue weighted by Gasteiger charge is 2.16. The first-order chi connectivity index (χ1) is 12.4. The summed E-state index contributed by atoms with van der Waals surface area (Å²) < 4.78 is 23.2. The Morgan fingerprint density at radius 1 is 1.08 bits per heavy atom. The van der Waals surface area contributed by atoms with Crippen LogP contribution in [0.2, 0.25) is 5.02 Å². The molecule has 1 aliphatic carbocycles. The molecule has 0 heterocycles. The molecular weight excluding hydrogens is 370 g/mol. The number of benzene rings is 2. The van der Waals surface area contributed by atoms with Gasteiger partial charge in [-0.1, -0.05) is 41.0 Å². The fraction of sp³-hybridized carbons (Fsp3) is 0.250. The van der Waals surface area contributed by atoms with Crippen LogP contribution in [-0.4, -0.2) is 20.9 Å². The second kappa shape index (κ2) is 8.06. The second-order valence-corrected chi connectivity index (χ2v) is 8.74. The minimum Gasteiger partial charge on any atom is -0.391 e. The molecule has 0 saturated heterocycles. The van der Waals surface area contributed by atoms with E-state index in [1.54, 1.807) is 18.3 Å². The van der Waals surface area contributed by atoms with Gasteiger partial charge in [-0.05, 0) is 65.8 Å². The smallest absolute Gasteiger partial charge is 0.175 e. The summed E-state index contributed by atoms with van der Waals surface area (Å²) in [4.78, 5) is 5.72. The Morgan fingerprint density at radius 2 is 1.77 bits per heavy atom. The quantitative estimate of drug-likeness (QED) is 0.522. The predicted octanol–water partition coefficient (Wildman–Crippen LogP) is 4.88. The van der Waals surface area contributed by atoms with Crippen molar-refractivity contribution in [1.82, 2.24) is 0 Å². The minimum atomic E-state index is -3.17.